The van der Waals surface area contributed by atoms with Gasteiger partial charge < -0.3 is 29.1 Å². The van der Waals surface area contributed by atoms with E-state index in [1.807, 2.05) is 54.6 Å². The third-order valence-electron chi connectivity index (χ3n) is 6.92. The SMILES string of the molecule is COCC(=O)N1CCN(Cc2ccc(OCCCN3C(=O)CN(C)C3=O)cc2)CC(O)(COc2ccccc2)C1. The summed E-state index contributed by atoms with van der Waals surface area (Å²) in [7, 11) is 3.09. The number of amides is 4. The zero-order valence-corrected chi connectivity index (χ0v) is 23.2. The molecule has 11 nitrogen and oxygen atoms in total. The van der Waals surface area contributed by atoms with E-state index in [1.54, 1.807) is 11.9 Å². The Bertz CT molecular complexity index is 1150. The van der Waals surface area contributed by atoms with Gasteiger partial charge in [-0.15, -0.1) is 0 Å². The van der Waals surface area contributed by atoms with Crippen LogP contribution in [0.3, 0.4) is 0 Å². The summed E-state index contributed by atoms with van der Waals surface area (Å²) in [5.41, 5.74) is -0.238. The van der Waals surface area contributed by atoms with Crippen molar-refractivity contribution in [2.24, 2.45) is 0 Å². The van der Waals surface area contributed by atoms with Crippen LogP contribution in [0.2, 0.25) is 0 Å². The van der Waals surface area contributed by atoms with Crippen LogP contribution < -0.4 is 9.47 Å². The van der Waals surface area contributed by atoms with Crippen LogP contribution in [0.4, 0.5) is 4.79 Å². The number of methoxy groups -OCH3 is 1. The molecule has 2 fully saturated rings. The number of ether oxygens (including phenoxy) is 3. The molecule has 4 rings (SSSR count). The molecule has 0 aliphatic carbocycles. The van der Waals surface area contributed by atoms with Crippen molar-refractivity contribution < 1.29 is 33.7 Å². The van der Waals surface area contributed by atoms with Crippen molar-refractivity contribution in [3.05, 3.63) is 60.2 Å². The van der Waals surface area contributed by atoms with E-state index >= 15 is 0 Å². The minimum absolute atomic E-state index is 0.0429. The van der Waals surface area contributed by atoms with E-state index in [0.717, 1.165) is 5.56 Å². The van der Waals surface area contributed by atoms with E-state index in [1.165, 1.54) is 16.9 Å². The number of nitrogens with zero attached hydrogens (tertiary/aromatic N) is 4. The maximum Gasteiger partial charge on any atom is 0.326 e. The highest BCUT2D eigenvalue weighted by atomic mass is 16.5. The number of para-hydroxylation sites is 1. The van der Waals surface area contributed by atoms with Gasteiger partial charge in [-0.3, -0.25) is 19.4 Å². The Morgan fingerprint density at radius 2 is 1.70 bits per heavy atom. The van der Waals surface area contributed by atoms with Crippen molar-refractivity contribution in [2.75, 3.05) is 73.2 Å². The topological polar surface area (TPSA) is 112 Å². The van der Waals surface area contributed by atoms with Gasteiger partial charge >= 0.3 is 6.03 Å². The lowest BCUT2D eigenvalue weighted by Crippen LogP contribution is -2.52. The summed E-state index contributed by atoms with van der Waals surface area (Å²) in [5, 5.41) is 11.6. The fourth-order valence-electron chi connectivity index (χ4n) is 4.88. The fraction of sp³-hybridized carbons (Fsp3) is 0.483. The fourth-order valence-corrected chi connectivity index (χ4v) is 4.88. The van der Waals surface area contributed by atoms with E-state index in [9.17, 15) is 19.5 Å². The van der Waals surface area contributed by atoms with Gasteiger partial charge in [0.1, 0.15) is 36.9 Å². The second-order valence-electron chi connectivity index (χ2n) is 10.3. The molecule has 4 amide bonds. The minimum atomic E-state index is -1.27. The van der Waals surface area contributed by atoms with Gasteiger partial charge in [0.15, 0.2) is 0 Å². The van der Waals surface area contributed by atoms with Crippen molar-refractivity contribution in [3.8, 4) is 11.5 Å². The Morgan fingerprint density at radius 1 is 0.975 bits per heavy atom. The summed E-state index contributed by atoms with van der Waals surface area (Å²) in [4.78, 5) is 42.9. The van der Waals surface area contributed by atoms with Gasteiger partial charge in [0.25, 0.3) is 0 Å². The summed E-state index contributed by atoms with van der Waals surface area (Å²) >= 11 is 0. The predicted molar refractivity (Wildman–Crippen MR) is 147 cm³/mol. The summed E-state index contributed by atoms with van der Waals surface area (Å²) in [6.07, 6.45) is 0.544. The molecule has 0 saturated carbocycles. The molecule has 0 aromatic heterocycles. The highest BCUT2D eigenvalue weighted by Gasteiger charge is 2.37. The Labute approximate surface area is 234 Å². The lowest BCUT2D eigenvalue weighted by molar-refractivity contribution is -0.138. The van der Waals surface area contributed by atoms with Crippen LogP contribution in [0.1, 0.15) is 12.0 Å². The standard InChI is InChI=1S/C29H38N4O7/c1-30-18-26(34)33(28(30)36)13-6-16-39-25-11-9-23(10-12-25)17-31-14-15-32(27(35)19-38-2)21-29(37,20-31)22-40-24-7-4-3-5-8-24/h3-5,7-12,37H,6,13-22H2,1-2H3. The summed E-state index contributed by atoms with van der Waals surface area (Å²) in [6, 6.07) is 16.7. The van der Waals surface area contributed by atoms with Crippen molar-refractivity contribution in [1.82, 2.24) is 19.6 Å². The van der Waals surface area contributed by atoms with Gasteiger partial charge in [-0.05, 0) is 36.2 Å². The van der Waals surface area contributed by atoms with E-state index in [-0.39, 0.29) is 44.1 Å². The molecule has 2 saturated heterocycles. The molecule has 1 N–H and O–H groups in total. The van der Waals surface area contributed by atoms with Gasteiger partial charge in [-0.1, -0.05) is 30.3 Å². The maximum absolute atomic E-state index is 12.6. The quantitative estimate of drug-likeness (QED) is 0.310. The number of hydrogen-bond donors (Lipinski definition) is 1. The molecule has 0 bridgehead atoms. The Balaban J connectivity index is 1.31. The zero-order chi connectivity index (χ0) is 28.5. The second kappa shape index (κ2) is 13.6. The molecule has 0 spiro atoms. The Morgan fingerprint density at radius 3 is 2.38 bits per heavy atom. The molecule has 2 aliphatic rings. The number of benzene rings is 2. The van der Waals surface area contributed by atoms with Gasteiger partial charge in [0, 0.05) is 46.9 Å². The number of β-amino-alcohol motifs (C(OH)–C–C–N with tert-alkyl or cyclic N) is 1. The Kier molecular flexibility index (Phi) is 9.97. The Hall–Kier alpha value is -3.67. The van der Waals surface area contributed by atoms with Crippen LogP contribution in [0, 0.1) is 0 Å². The first-order chi connectivity index (χ1) is 19.3. The van der Waals surface area contributed by atoms with Crippen LogP contribution in [0.15, 0.2) is 54.6 Å². The van der Waals surface area contributed by atoms with Crippen LogP contribution in [-0.4, -0.2) is 121 Å². The first-order valence-corrected chi connectivity index (χ1v) is 13.4. The van der Waals surface area contributed by atoms with Crippen molar-refractivity contribution in [3.63, 3.8) is 0 Å². The van der Waals surface area contributed by atoms with Crippen LogP contribution in [0.25, 0.3) is 0 Å². The molecular formula is C29H38N4O7. The average Bonchev–Trinajstić information content (AvgIpc) is 3.08. The van der Waals surface area contributed by atoms with Gasteiger partial charge in [0.2, 0.25) is 11.8 Å². The van der Waals surface area contributed by atoms with Crippen LogP contribution in [0.5, 0.6) is 11.5 Å². The molecule has 216 valence electrons. The summed E-state index contributed by atoms with van der Waals surface area (Å²) in [5.74, 6) is 0.993. The molecule has 40 heavy (non-hydrogen) atoms. The third-order valence-corrected chi connectivity index (χ3v) is 6.92. The molecular weight excluding hydrogens is 516 g/mol. The number of hydrogen-bond acceptors (Lipinski definition) is 8. The first kappa shape index (κ1) is 29.3. The molecule has 2 aromatic rings. The van der Waals surface area contributed by atoms with E-state index < -0.39 is 5.60 Å². The molecule has 11 heteroatoms. The molecule has 0 radical (unpaired) electrons. The van der Waals surface area contributed by atoms with Crippen molar-refractivity contribution in [2.45, 2.75) is 18.6 Å². The number of imide groups is 1. The average molecular weight is 555 g/mol. The minimum Gasteiger partial charge on any atom is -0.494 e. The van der Waals surface area contributed by atoms with Crippen LogP contribution >= 0.6 is 0 Å². The number of carbonyl (C=O) groups is 3. The second-order valence-corrected chi connectivity index (χ2v) is 10.3. The largest absolute Gasteiger partial charge is 0.494 e. The first-order valence-electron chi connectivity index (χ1n) is 13.4. The molecule has 1 atom stereocenters. The van der Waals surface area contributed by atoms with Crippen molar-refractivity contribution >= 4 is 17.8 Å². The van der Waals surface area contributed by atoms with E-state index in [4.69, 9.17) is 14.2 Å². The van der Waals surface area contributed by atoms with Gasteiger partial charge in [-0.2, -0.15) is 0 Å². The smallest absolute Gasteiger partial charge is 0.326 e. The highest BCUT2D eigenvalue weighted by molar-refractivity contribution is 6.01. The summed E-state index contributed by atoms with van der Waals surface area (Å²) in [6.45, 7) is 2.94. The maximum atomic E-state index is 12.6. The molecule has 2 aromatic carbocycles. The number of urea groups is 1. The van der Waals surface area contributed by atoms with E-state index in [2.05, 4.69) is 4.90 Å². The normalized spacial score (nSPS) is 20.1. The third kappa shape index (κ3) is 7.93. The van der Waals surface area contributed by atoms with Crippen molar-refractivity contribution in [1.29, 1.82) is 0 Å². The summed E-state index contributed by atoms with van der Waals surface area (Å²) < 4.78 is 16.7. The lowest BCUT2D eigenvalue weighted by Gasteiger charge is -2.33. The molecule has 2 aliphatic heterocycles. The monoisotopic (exact) mass is 554 g/mol. The number of likely N-dealkylation sites (N-methyl/N-ethyl adjacent to an activating group) is 1. The molecule has 1 unspecified atom stereocenters. The zero-order valence-electron chi connectivity index (χ0n) is 23.2. The van der Waals surface area contributed by atoms with Gasteiger partial charge in [0.05, 0.1) is 13.2 Å². The van der Waals surface area contributed by atoms with Crippen LogP contribution in [-0.2, 0) is 20.9 Å². The number of aliphatic hydroxyl groups is 1. The van der Waals surface area contributed by atoms with Gasteiger partial charge in [-0.25, -0.2) is 4.79 Å². The predicted octanol–water partition coefficient (Wildman–Crippen LogP) is 1.45. The lowest BCUT2D eigenvalue weighted by atomic mass is 10.0. The van der Waals surface area contributed by atoms with E-state index in [0.29, 0.717) is 57.3 Å². The molecule has 2 heterocycles. The number of carbonyl (C=O) groups excluding carboxylic acids is 3. The number of rotatable bonds is 12. The highest BCUT2D eigenvalue weighted by Crippen LogP contribution is 2.21.